The summed E-state index contributed by atoms with van der Waals surface area (Å²) in [5, 5.41) is 3.50. The molecule has 1 atom stereocenters. The van der Waals surface area contributed by atoms with Gasteiger partial charge in [0.2, 0.25) is 5.91 Å². The Hall–Kier alpha value is -3.21. The third kappa shape index (κ3) is 3.72. The zero-order valence-electron chi connectivity index (χ0n) is 14.8. The first-order chi connectivity index (χ1) is 12.5. The molecule has 0 bridgehead atoms. The number of nitrogens with one attached hydrogen (secondary N) is 1. The van der Waals surface area contributed by atoms with Crippen LogP contribution >= 0.6 is 0 Å². The Kier molecular flexibility index (Phi) is 4.98. The number of hydrogen-bond acceptors (Lipinski definition) is 3. The van der Waals surface area contributed by atoms with E-state index in [1.807, 2.05) is 56.3 Å². The lowest BCUT2D eigenvalue weighted by Gasteiger charge is -2.17. The van der Waals surface area contributed by atoms with Crippen LogP contribution in [0.15, 0.2) is 54.7 Å². The molecule has 0 unspecified atom stereocenters. The van der Waals surface area contributed by atoms with Gasteiger partial charge in [0.25, 0.3) is 5.91 Å². The van der Waals surface area contributed by atoms with Crippen molar-refractivity contribution in [1.29, 1.82) is 0 Å². The maximum atomic E-state index is 12.7. The van der Waals surface area contributed by atoms with Gasteiger partial charge < -0.3 is 11.1 Å². The van der Waals surface area contributed by atoms with Gasteiger partial charge in [-0.25, -0.2) is 0 Å². The van der Waals surface area contributed by atoms with Gasteiger partial charge in [-0.1, -0.05) is 36.4 Å². The zero-order chi connectivity index (χ0) is 18.7. The van der Waals surface area contributed by atoms with Crippen molar-refractivity contribution in [3.05, 3.63) is 77.0 Å². The summed E-state index contributed by atoms with van der Waals surface area (Å²) in [6.07, 6.45) is 1.94. The monoisotopic (exact) mass is 347 g/mol. The average Bonchev–Trinajstić information content (AvgIpc) is 2.63. The van der Waals surface area contributed by atoms with E-state index in [9.17, 15) is 9.59 Å². The quantitative estimate of drug-likeness (QED) is 0.744. The maximum absolute atomic E-state index is 12.7. The molecule has 2 amide bonds. The topological polar surface area (TPSA) is 85.1 Å². The Bertz CT molecular complexity index is 977. The average molecular weight is 347 g/mol. The fourth-order valence-electron chi connectivity index (χ4n) is 2.92. The molecular weight excluding hydrogens is 326 g/mol. The number of carbonyl (C=O) groups is 2. The van der Waals surface area contributed by atoms with Crippen LogP contribution in [-0.2, 0) is 11.2 Å². The highest BCUT2D eigenvalue weighted by Crippen LogP contribution is 2.17. The fourth-order valence-corrected chi connectivity index (χ4v) is 2.92. The number of amides is 2. The van der Waals surface area contributed by atoms with Crippen LogP contribution < -0.4 is 11.1 Å². The molecule has 0 fully saturated rings. The second kappa shape index (κ2) is 7.35. The van der Waals surface area contributed by atoms with Crippen LogP contribution in [0.2, 0.25) is 0 Å². The molecule has 132 valence electrons. The number of aromatic nitrogens is 1. The number of fused-ring (bicyclic) bond motifs is 1. The summed E-state index contributed by atoms with van der Waals surface area (Å²) in [4.78, 5) is 28.9. The molecule has 3 N–H and O–H groups in total. The van der Waals surface area contributed by atoms with E-state index >= 15 is 0 Å². The molecule has 0 spiro atoms. The zero-order valence-corrected chi connectivity index (χ0v) is 14.8. The van der Waals surface area contributed by atoms with E-state index in [4.69, 9.17) is 5.73 Å². The van der Waals surface area contributed by atoms with Gasteiger partial charge in [0.15, 0.2) is 0 Å². The maximum Gasteiger partial charge on any atom is 0.252 e. The second-order valence-corrected chi connectivity index (χ2v) is 6.43. The van der Waals surface area contributed by atoms with Crippen molar-refractivity contribution >= 4 is 22.7 Å². The molecule has 5 heteroatoms. The number of nitrogens with zero attached hydrogens (tertiary/aromatic N) is 1. The SMILES string of the molecule is Cc1ccc(C[C@@H](NC(=O)c2ccnc3ccccc23)C(N)=O)cc1C. The third-order valence-corrected chi connectivity index (χ3v) is 4.55. The van der Waals surface area contributed by atoms with Crippen LogP contribution in [0.25, 0.3) is 10.9 Å². The van der Waals surface area contributed by atoms with Crippen LogP contribution in [-0.4, -0.2) is 22.8 Å². The smallest absolute Gasteiger partial charge is 0.252 e. The molecule has 0 radical (unpaired) electrons. The minimum Gasteiger partial charge on any atom is -0.368 e. The van der Waals surface area contributed by atoms with Crippen LogP contribution in [0.4, 0.5) is 0 Å². The van der Waals surface area contributed by atoms with Crippen LogP contribution in [0.3, 0.4) is 0 Å². The third-order valence-electron chi connectivity index (χ3n) is 4.55. The minimum absolute atomic E-state index is 0.337. The molecule has 3 rings (SSSR count). The number of para-hydroxylation sites is 1. The predicted octanol–water partition coefficient (Wildman–Crippen LogP) is 2.68. The lowest BCUT2D eigenvalue weighted by atomic mass is 10.00. The largest absolute Gasteiger partial charge is 0.368 e. The van der Waals surface area contributed by atoms with Crippen molar-refractivity contribution in [3.63, 3.8) is 0 Å². The molecule has 0 aliphatic carbocycles. The van der Waals surface area contributed by atoms with Crippen molar-refractivity contribution in [2.24, 2.45) is 5.73 Å². The molecule has 0 saturated carbocycles. The molecule has 0 aliphatic rings. The van der Waals surface area contributed by atoms with Crippen molar-refractivity contribution in [3.8, 4) is 0 Å². The second-order valence-electron chi connectivity index (χ2n) is 6.43. The summed E-state index contributed by atoms with van der Waals surface area (Å²) in [6, 6.07) is 14.2. The van der Waals surface area contributed by atoms with Gasteiger partial charge in [-0.15, -0.1) is 0 Å². The molecule has 0 aliphatic heterocycles. The Morgan fingerprint density at radius 2 is 1.85 bits per heavy atom. The van der Waals surface area contributed by atoms with Crippen LogP contribution in [0.1, 0.15) is 27.0 Å². The van der Waals surface area contributed by atoms with Crippen molar-refractivity contribution in [2.45, 2.75) is 26.3 Å². The molecule has 1 heterocycles. The lowest BCUT2D eigenvalue weighted by Crippen LogP contribution is -2.45. The number of aryl methyl sites for hydroxylation is 2. The number of rotatable bonds is 5. The van der Waals surface area contributed by atoms with E-state index in [1.165, 1.54) is 5.56 Å². The van der Waals surface area contributed by atoms with Crippen LogP contribution in [0, 0.1) is 13.8 Å². The van der Waals surface area contributed by atoms with Gasteiger partial charge in [0, 0.05) is 18.0 Å². The highest BCUT2D eigenvalue weighted by molar-refractivity contribution is 6.07. The minimum atomic E-state index is -0.781. The van der Waals surface area contributed by atoms with Crippen molar-refractivity contribution in [1.82, 2.24) is 10.3 Å². The molecule has 2 aromatic carbocycles. The molecular formula is C21H21N3O2. The summed E-state index contributed by atoms with van der Waals surface area (Å²) in [7, 11) is 0. The van der Waals surface area contributed by atoms with E-state index in [1.54, 1.807) is 12.3 Å². The summed E-state index contributed by atoms with van der Waals surface area (Å²) < 4.78 is 0. The Morgan fingerprint density at radius 3 is 2.58 bits per heavy atom. The number of carbonyl (C=O) groups excluding carboxylic acids is 2. The molecule has 5 nitrogen and oxygen atoms in total. The van der Waals surface area contributed by atoms with Gasteiger partial charge in [0.1, 0.15) is 6.04 Å². The first-order valence-electron chi connectivity index (χ1n) is 8.46. The summed E-state index contributed by atoms with van der Waals surface area (Å²) >= 11 is 0. The highest BCUT2D eigenvalue weighted by atomic mass is 16.2. The normalized spacial score (nSPS) is 11.9. The first-order valence-corrected chi connectivity index (χ1v) is 8.46. The lowest BCUT2D eigenvalue weighted by molar-refractivity contribution is -0.119. The van der Waals surface area contributed by atoms with Gasteiger partial charge in [-0.05, 0) is 42.7 Å². The van der Waals surface area contributed by atoms with E-state index in [2.05, 4.69) is 10.3 Å². The fraction of sp³-hybridized carbons (Fsp3) is 0.190. The van der Waals surface area contributed by atoms with E-state index < -0.39 is 11.9 Å². The summed E-state index contributed by atoms with van der Waals surface area (Å²) in [6.45, 7) is 4.04. The number of pyridine rings is 1. The van der Waals surface area contributed by atoms with Gasteiger partial charge >= 0.3 is 0 Å². The van der Waals surface area contributed by atoms with E-state index in [0.717, 1.165) is 22.0 Å². The molecule has 26 heavy (non-hydrogen) atoms. The number of hydrogen-bond donors (Lipinski definition) is 2. The van der Waals surface area contributed by atoms with E-state index in [-0.39, 0.29) is 5.91 Å². The Labute approximate surface area is 152 Å². The molecule has 3 aromatic rings. The Morgan fingerprint density at radius 1 is 1.08 bits per heavy atom. The first kappa shape index (κ1) is 17.6. The number of nitrogens with two attached hydrogens (primary N) is 1. The van der Waals surface area contributed by atoms with Crippen molar-refractivity contribution < 1.29 is 9.59 Å². The number of primary amides is 1. The van der Waals surface area contributed by atoms with E-state index in [0.29, 0.717) is 12.0 Å². The van der Waals surface area contributed by atoms with Crippen molar-refractivity contribution in [2.75, 3.05) is 0 Å². The molecule has 1 aromatic heterocycles. The van der Waals surface area contributed by atoms with Gasteiger partial charge in [0.05, 0.1) is 11.1 Å². The number of benzene rings is 2. The summed E-state index contributed by atoms with van der Waals surface area (Å²) in [5.74, 6) is -0.897. The standard InChI is InChI=1S/C21H21N3O2/c1-13-7-8-15(11-14(13)2)12-19(20(22)25)24-21(26)17-9-10-23-18-6-4-3-5-16(17)18/h3-11,19H,12H2,1-2H3,(H2,22,25)(H,24,26)/t19-/m1/s1. The van der Waals surface area contributed by atoms with Gasteiger partial charge in [-0.2, -0.15) is 0 Å². The summed E-state index contributed by atoms with van der Waals surface area (Å²) in [5.41, 5.74) is 10.00. The predicted molar refractivity (Wildman–Crippen MR) is 102 cm³/mol. The van der Waals surface area contributed by atoms with Gasteiger partial charge in [-0.3, -0.25) is 14.6 Å². The molecule has 0 saturated heterocycles. The highest BCUT2D eigenvalue weighted by Gasteiger charge is 2.21. The van der Waals surface area contributed by atoms with Crippen LogP contribution in [0.5, 0.6) is 0 Å². The Balaban J connectivity index is 1.84.